The number of hydrogen-bond acceptors (Lipinski definition) is 2. The molecule has 0 aliphatic heterocycles. The molecule has 0 aliphatic carbocycles. The molecule has 0 spiro atoms. The molecule has 0 unspecified atom stereocenters. The molecular formula is C18H21NO2. The zero-order chi connectivity index (χ0) is 14.7. The second-order valence-corrected chi connectivity index (χ2v) is 5.37. The van der Waals surface area contributed by atoms with Gasteiger partial charge in [-0.1, -0.05) is 43.3 Å². The Morgan fingerprint density at radius 2 is 1.57 bits per heavy atom. The zero-order valence-electron chi connectivity index (χ0n) is 12.3. The molecule has 3 rings (SSSR count). The summed E-state index contributed by atoms with van der Waals surface area (Å²) in [6.45, 7) is 3.70. The van der Waals surface area contributed by atoms with E-state index in [4.69, 9.17) is 4.74 Å². The van der Waals surface area contributed by atoms with Crippen molar-refractivity contribution in [3.05, 3.63) is 48.5 Å². The smallest absolute Gasteiger partial charge is 0.0952 e. The van der Waals surface area contributed by atoms with Crippen LogP contribution in [0.1, 0.15) is 13.3 Å². The minimum absolute atomic E-state index is 0.384. The fraction of sp³-hybridized carbons (Fsp3) is 0.333. The zero-order valence-corrected chi connectivity index (χ0v) is 12.3. The Bertz CT molecular complexity index is 679. The molecule has 1 N–H and O–H groups in total. The molecule has 0 radical (unpaired) electrons. The van der Waals surface area contributed by atoms with E-state index in [1.165, 1.54) is 10.8 Å². The number of nitrogens with zero attached hydrogens (tertiary/aromatic N) is 1. The van der Waals surface area contributed by atoms with Crippen molar-refractivity contribution < 1.29 is 9.84 Å². The van der Waals surface area contributed by atoms with Gasteiger partial charge in [-0.3, -0.25) is 0 Å². The highest BCUT2D eigenvalue weighted by atomic mass is 16.5. The first-order chi connectivity index (χ1) is 10.3. The molecule has 3 heteroatoms. The Balaban J connectivity index is 1.96. The SMILES string of the molecule is CCCOC[C@H](O)Cn1c2ccccc2c2ccccc21. The minimum Gasteiger partial charge on any atom is -0.389 e. The molecule has 2 aromatic carbocycles. The Kier molecular flexibility index (Phi) is 4.23. The summed E-state index contributed by atoms with van der Waals surface area (Å²) in [5.74, 6) is 0. The summed E-state index contributed by atoms with van der Waals surface area (Å²) in [5.41, 5.74) is 2.32. The molecule has 0 aliphatic rings. The topological polar surface area (TPSA) is 34.4 Å². The van der Waals surface area contributed by atoms with E-state index in [0.29, 0.717) is 19.8 Å². The van der Waals surface area contributed by atoms with Crippen LogP contribution in [-0.2, 0) is 11.3 Å². The summed E-state index contributed by atoms with van der Waals surface area (Å²) < 4.78 is 7.64. The average Bonchev–Trinajstić information content (AvgIpc) is 2.83. The van der Waals surface area contributed by atoms with Crippen LogP contribution in [0.25, 0.3) is 21.8 Å². The van der Waals surface area contributed by atoms with Crippen molar-refractivity contribution in [1.82, 2.24) is 4.57 Å². The van der Waals surface area contributed by atoms with Gasteiger partial charge in [-0.05, 0) is 18.6 Å². The molecule has 0 bridgehead atoms. The monoisotopic (exact) mass is 283 g/mol. The first-order valence-electron chi connectivity index (χ1n) is 7.53. The third-order valence-electron chi connectivity index (χ3n) is 3.73. The quantitative estimate of drug-likeness (QED) is 0.702. The number of aliphatic hydroxyl groups excluding tert-OH is 1. The number of rotatable bonds is 6. The van der Waals surface area contributed by atoms with Crippen LogP contribution in [0.2, 0.25) is 0 Å². The van der Waals surface area contributed by atoms with Crippen molar-refractivity contribution in [3.63, 3.8) is 0 Å². The summed E-state index contributed by atoms with van der Waals surface area (Å²) in [6.07, 6.45) is 0.484. The summed E-state index contributed by atoms with van der Waals surface area (Å²) >= 11 is 0. The van der Waals surface area contributed by atoms with Gasteiger partial charge < -0.3 is 14.4 Å². The van der Waals surface area contributed by atoms with E-state index in [0.717, 1.165) is 17.5 Å². The fourth-order valence-electron chi connectivity index (χ4n) is 2.83. The summed E-state index contributed by atoms with van der Waals surface area (Å²) in [5, 5.41) is 12.7. The summed E-state index contributed by atoms with van der Waals surface area (Å²) in [6, 6.07) is 16.7. The molecular weight excluding hydrogens is 262 g/mol. The van der Waals surface area contributed by atoms with Gasteiger partial charge in [0.15, 0.2) is 0 Å². The number of hydrogen-bond donors (Lipinski definition) is 1. The van der Waals surface area contributed by atoms with E-state index < -0.39 is 6.10 Å². The van der Waals surface area contributed by atoms with Gasteiger partial charge in [0, 0.05) is 28.4 Å². The fourth-order valence-corrected chi connectivity index (χ4v) is 2.83. The van der Waals surface area contributed by atoms with E-state index in [-0.39, 0.29) is 0 Å². The number of ether oxygens (including phenoxy) is 1. The van der Waals surface area contributed by atoms with Crippen LogP contribution in [-0.4, -0.2) is 29.0 Å². The molecule has 0 saturated heterocycles. The van der Waals surface area contributed by atoms with Gasteiger partial charge in [-0.15, -0.1) is 0 Å². The van der Waals surface area contributed by atoms with Crippen molar-refractivity contribution in [2.45, 2.75) is 26.0 Å². The van der Waals surface area contributed by atoms with Gasteiger partial charge in [0.1, 0.15) is 0 Å². The number of fused-ring (bicyclic) bond motifs is 3. The maximum absolute atomic E-state index is 10.2. The lowest BCUT2D eigenvalue weighted by Gasteiger charge is -2.14. The van der Waals surface area contributed by atoms with Gasteiger partial charge in [-0.25, -0.2) is 0 Å². The van der Waals surface area contributed by atoms with Crippen LogP contribution in [0.4, 0.5) is 0 Å². The average molecular weight is 283 g/mol. The number of para-hydroxylation sites is 2. The van der Waals surface area contributed by atoms with Gasteiger partial charge >= 0.3 is 0 Å². The number of aromatic nitrogens is 1. The first-order valence-corrected chi connectivity index (χ1v) is 7.53. The third-order valence-corrected chi connectivity index (χ3v) is 3.73. The Morgan fingerprint density at radius 3 is 2.14 bits per heavy atom. The van der Waals surface area contributed by atoms with Crippen molar-refractivity contribution in [2.24, 2.45) is 0 Å². The first kappa shape index (κ1) is 14.1. The molecule has 3 aromatic rings. The van der Waals surface area contributed by atoms with Crippen molar-refractivity contribution >= 4 is 21.8 Å². The van der Waals surface area contributed by atoms with E-state index in [9.17, 15) is 5.11 Å². The van der Waals surface area contributed by atoms with Crippen LogP contribution in [0, 0.1) is 0 Å². The predicted octanol–water partition coefficient (Wildman–Crippen LogP) is 3.58. The lowest BCUT2D eigenvalue weighted by atomic mass is 10.2. The second-order valence-electron chi connectivity index (χ2n) is 5.37. The largest absolute Gasteiger partial charge is 0.389 e. The lowest BCUT2D eigenvalue weighted by Crippen LogP contribution is -2.22. The Labute approximate surface area is 124 Å². The van der Waals surface area contributed by atoms with Crippen molar-refractivity contribution in [2.75, 3.05) is 13.2 Å². The molecule has 1 heterocycles. The van der Waals surface area contributed by atoms with Crippen LogP contribution >= 0.6 is 0 Å². The van der Waals surface area contributed by atoms with E-state index in [2.05, 4.69) is 47.9 Å². The Morgan fingerprint density at radius 1 is 1.00 bits per heavy atom. The molecule has 0 amide bonds. The third kappa shape index (κ3) is 2.80. The van der Waals surface area contributed by atoms with Gasteiger partial charge in [0.2, 0.25) is 0 Å². The summed E-state index contributed by atoms with van der Waals surface area (Å²) in [4.78, 5) is 0. The molecule has 21 heavy (non-hydrogen) atoms. The molecule has 0 fully saturated rings. The van der Waals surface area contributed by atoms with Crippen LogP contribution in [0.15, 0.2) is 48.5 Å². The highest BCUT2D eigenvalue weighted by molar-refractivity contribution is 6.07. The van der Waals surface area contributed by atoms with Crippen molar-refractivity contribution in [1.29, 1.82) is 0 Å². The molecule has 0 saturated carbocycles. The van der Waals surface area contributed by atoms with E-state index in [1.807, 2.05) is 12.1 Å². The maximum Gasteiger partial charge on any atom is 0.0952 e. The lowest BCUT2D eigenvalue weighted by molar-refractivity contribution is 0.0295. The van der Waals surface area contributed by atoms with Gasteiger partial charge in [-0.2, -0.15) is 0 Å². The minimum atomic E-state index is -0.490. The Hall–Kier alpha value is -1.84. The van der Waals surface area contributed by atoms with Crippen LogP contribution in [0.5, 0.6) is 0 Å². The molecule has 1 atom stereocenters. The molecule has 1 aromatic heterocycles. The van der Waals surface area contributed by atoms with Gasteiger partial charge in [0.25, 0.3) is 0 Å². The number of benzene rings is 2. The molecule has 3 nitrogen and oxygen atoms in total. The summed E-state index contributed by atoms with van der Waals surface area (Å²) in [7, 11) is 0. The van der Waals surface area contributed by atoms with Gasteiger partial charge in [0.05, 0.1) is 19.3 Å². The highest BCUT2D eigenvalue weighted by Gasteiger charge is 2.13. The van der Waals surface area contributed by atoms with Crippen LogP contribution in [0.3, 0.4) is 0 Å². The van der Waals surface area contributed by atoms with Crippen LogP contribution < -0.4 is 0 Å². The maximum atomic E-state index is 10.2. The number of aliphatic hydroxyl groups is 1. The van der Waals surface area contributed by atoms with Crippen molar-refractivity contribution in [3.8, 4) is 0 Å². The van der Waals surface area contributed by atoms with E-state index >= 15 is 0 Å². The normalized spacial score (nSPS) is 13.0. The highest BCUT2D eigenvalue weighted by Crippen LogP contribution is 2.28. The standard InChI is InChI=1S/C18H21NO2/c1-2-11-21-13-14(20)12-19-17-9-5-3-7-15(17)16-8-4-6-10-18(16)19/h3-10,14,20H,2,11-13H2,1H3/t14-/m1/s1. The predicted molar refractivity (Wildman–Crippen MR) is 86.6 cm³/mol. The molecule has 110 valence electrons. The van der Waals surface area contributed by atoms with E-state index in [1.54, 1.807) is 0 Å². The second kappa shape index (κ2) is 6.29.